The van der Waals surface area contributed by atoms with Gasteiger partial charge < -0.3 is 14.2 Å². The Morgan fingerprint density at radius 3 is 2.08 bits per heavy atom. The highest BCUT2D eigenvalue weighted by Gasteiger charge is 2.20. The van der Waals surface area contributed by atoms with Crippen LogP contribution >= 0.6 is 0 Å². The number of benzene rings is 2. The van der Waals surface area contributed by atoms with Crippen LogP contribution in [0, 0.1) is 10.1 Å². The van der Waals surface area contributed by atoms with Gasteiger partial charge in [-0.15, -0.1) is 0 Å². The molecule has 0 aliphatic carbocycles. The predicted molar refractivity (Wildman–Crippen MR) is 82.4 cm³/mol. The standard InChI is InChI=1S/C16H13NO7/c1-22-13-5-3-4-6-14(13)24-16(19)11-7-10(15(18)23-2)8-12(9-11)17(20)21/h3-9H,1-2H3. The molecular formula is C16H13NO7. The summed E-state index contributed by atoms with van der Waals surface area (Å²) in [4.78, 5) is 34.1. The number of nitro groups is 1. The fraction of sp³-hybridized carbons (Fsp3) is 0.125. The van der Waals surface area contributed by atoms with Gasteiger partial charge in [0.15, 0.2) is 11.5 Å². The Hall–Kier alpha value is -3.42. The lowest BCUT2D eigenvalue weighted by molar-refractivity contribution is -0.384. The second kappa shape index (κ2) is 7.23. The molecule has 0 heterocycles. The third-order valence-corrected chi connectivity index (χ3v) is 3.06. The maximum Gasteiger partial charge on any atom is 0.343 e. The average molecular weight is 331 g/mol. The minimum absolute atomic E-state index is 0.126. The second-order valence-electron chi connectivity index (χ2n) is 4.56. The molecule has 8 nitrogen and oxygen atoms in total. The number of ether oxygens (including phenoxy) is 3. The molecule has 0 N–H and O–H groups in total. The molecule has 0 aliphatic rings. The molecule has 2 aromatic carbocycles. The molecule has 0 spiro atoms. The molecule has 0 atom stereocenters. The summed E-state index contributed by atoms with van der Waals surface area (Å²) in [6.45, 7) is 0. The number of esters is 2. The summed E-state index contributed by atoms with van der Waals surface area (Å²) in [5, 5.41) is 11.0. The summed E-state index contributed by atoms with van der Waals surface area (Å²) < 4.78 is 14.8. The molecule has 0 unspecified atom stereocenters. The number of methoxy groups -OCH3 is 2. The first kappa shape index (κ1) is 16.9. The Kier molecular flexibility index (Phi) is 5.10. The Morgan fingerprint density at radius 1 is 0.958 bits per heavy atom. The van der Waals surface area contributed by atoms with Crippen molar-refractivity contribution >= 4 is 17.6 Å². The average Bonchev–Trinajstić information content (AvgIpc) is 2.60. The van der Waals surface area contributed by atoms with Crippen LogP contribution in [0.5, 0.6) is 11.5 Å². The van der Waals surface area contributed by atoms with E-state index < -0.39 is 22.5 Å². The third kappa shape index (κ3) is 3.67. The molecule has 0 saturated heterocycles. The number of nitrogens with zero attached hydrogens (tertiary/aromatic N) is 1. The van der Waals surface area contributed by atoms with Crippen molar-refractivity contribution in [3.05, 3.63) is 63.7 Å². The number of hydrogen-bond donors (Lipinski definition) is 0. The SMILES string of the molecule is COC(=O)c1cc(C(=O)Oc2ccccc2OC)cc([N+](=O)[O-])c1. The van der Waals surface area contributed by atoms with E-state index >= 15 is 0 Å². The van der Waals surface area contributed by atoms with Gasteiger partial charge in [0.05, 0.1) is 30.3 Å². The van der Waals surface area contributed by atoms with Crippen LogP contribution < -0.4 is 9.47 Å². The molecule has 0 radical (unpaired) electrons. The topological polar surface area (TPSA) is 105 Å². The molecule has 2 rings (SSSR count). The third-order valence-electron chi connectivity index (χ3n) is 3.06. The van der Waals surface area contributed by atoms with Gasteiger partial charge in [-0.2, -0.15) is 0 Å². The molecular weight excluding hydrogens is 318 g/mol. The van der Waals surface area contributed by atoms with Crippen molar-refractivity contribution in [3.8, 4) is 11.5 Å². The van der Waals surface area contributed by atoms with E-state index in [0.717, 1.165) is 25.3 Å². The van der Waals surface area contributed by atoms with E-state index in [0.29, 0.717) is 5.75 Å². The van der Waals surface area contributed by atoms with Crippen molar-refractivity contribution in [3.63, 3.8) is 0 Å². The van der Waals surface area contributed by atoms with Gasteiger partial charge in [0.1, 0.15) is 0 Å². The summed E-state index contributed by atoms with van der Waals surface area (Å²) in [6.07, 6.45) is 0. The van der Waals surface area contributed by atoms with E-state index in [1.165, 1.54) is 13.2 Å². The van der Waals surface area contributed by atoms with E-state index in [-0.39, 0.29) is 16.9 Å². The normalized spacial score (nSPS) is 9.92. The van der Waals surface area contributed by atoms with Crippen molar-refractivity contribution < 1.29 is 28.7 Å². The van der Waals surface area contributed by atoms with Crippen LogP contribution in [-0.4, -0.2) is 31.1 Å². The molecule has 0 fully saturated rings. The Labute approximate surface area is 136 Å². The van der Waals surface area contributed by atoms with Gasteiger partial charge in [-0.1, -0.05) is 12.1 Å². The highest BCUT2D eigenvalue weighted by atomic mass is 16.6. The van der Waals surface area contributed by atoms with Gasteiger partial charge in [0.25, 0.3) is 5.69 Å². The zero-order valence-electron chi connectivity index (χ0n) is 12.8. The van der Waals surface area contributed by atoms with Crippen LogP contribution in [0.25, 0.3) is 0 Å². The Bertz CT molecular complexity index is 801. The number of hydrogen-bond acceptors (Lipinski definition) is 7. The predicted octanol–water partition coefficient (Wildman–Crippen LogP) is 2.61. The molecule has 8 heteroatoms. The largest absolute Gasteiger partial charge is 0.493 e. The minimum Gasteiger partial charge on any atom is -0.493 e. The van der Waals surface area contributed by atoms with E-state index in [1.54, 1.807) is 18.2 Å². The number of nitro benzene ring substituents is 1. The molecule has 2 aromatic rings. The first-order valence-corrected chi connectivity index (χ1v) is 6.69. The summed E-state index contributed by atoms with van der Waals surface area (Å²) >= 11 is 0. The fourth-order valence-corrected chi connectivity index (χ4v) is 1.93. The number of carbonyl (C=O) groups is 2. The minimum atomic E-state index is -0.867. The zero-order chi connectivity index (χ0) is 17.7. The first-order chi connectivity index (χ1) is 11.5. The van der Waals surface area contributed by atoms with Crippen LogP contribution in [0.4, 0.5) is 5.69 Å². The lowest BCUT2D eigenvalue weighted by Crippen LogP contribution is -2.12. The van der Waals surface area contributed by atoms with Gasteiger partial charge >= 0.3 is 11.9 Å². The number of non-ortho nitro benzene ring substituents is 1. The molecule has 124 valence electrons. The maximum absolute atomic E-state index is 12.3. The van der Waals surface area contributed by atoms with Crippen LogP contribution in [0.15, 0.2) is 42.5 Å². The van der Waals surface area contributed by atoms with E-state index in [4.69, 9.17) is 9.47 Å². The smallest absolute Gasteiger partial charge is 0.343 e. The monoisotopic (exact) mass is 331 g/mol. The van der Waals surface area contributed by atoms with E-state index in [9.17, 15) is 19.7 Å². The fourth-order valence-electron chi connectivity index (χ4n) is 1.93. The summed E-state index contributed by atoms with van der Waals surface area (Å²) in [5.41, 5.74) is -0.709. The van der Waals surface area contributed by atoms with Crippen LogP contribution in [0.3, 0.4) is 0 Å². The lowest BCUT2D eigenvalue weighted by Gasteiger charge is -2.09. The van der Waals surface area contributed by atoms with E-state index in [1.807, 2.05) is 0 Å². The quantitative estimate of drug-likeness (QED) is 0.359. The number of para-hydroxylation sites is 2. The molecule has 0 aliphatic heterocycles. The number of carbonyl (C=O) groups excluding carboxylic acids is 2. The first-order valence-electron chi connectivity index (χ1n) is 6.69. The van der Waals surface area contributed by atoms with Crippen molar-refractivity contribution in [2.45, 2.75) is 0 Å². The van der Waals surface area contributed by atoms with Gasteiger partial charge in [0.2, 0.25) is 0 Å². The van der Waals surface area contributed by atoms with Crippen LogP contribution in [0.1, 0.15) is 20.7 Å². The van der Waals surface area contributed by atoms with E-state index in [2.05, 4.69) is 4.74 Å². The van der Waals surface area contributed by atoms with Crippen molar-refractivity contribution in [2.24, 2.45) is 0 Å². The van der Waals surface area contributed by atoms with Crippen molar-refractivity contribution in [1.29, 1.82) is 0 Å². The maximum atomic E-state index is 12.3. The van der Waals surface area contributed by atoms with Gasteiger partial charge in [0, 0.05) is 12.1 Å². The van der Waals surface area contributed by atoms with Crippen LogP contribution in [-0.2, 0) is 4.74 Å². The second-order valence-corrected chi connectivity index (χ2v) is 4.56. The van der Waals surface area contributed by atoms with Crippen LogP contribution in [0.2, 0.25) is 0 Å². The highest BCUT2D eigenvalue weighted by molar-refractivity contribution is 5.97. The molecule has 24 heavy (non-hydrogen) atoms. The summed E-state index contributed by atoms with van der Waals surface area (Å²) in [5.74, 6) is -1.20. The van der Waals surface area contributed by atoms with Gasteiger partial charge in [-0.25, -0.2) is 9.59 Å². The van der Waals surface area contributed by atoms with Crippen molar-refractivity contribution in [2.75, 3.05) is 14.2 Å². The highest BCUT2D eigenvalue weighted by Crippen LogP contribution is 2.27. The molecule has 0 amide bonds. The Morgan fingerprint density at radius 2 is 1.54 bits per heavy atom. The Balaban J connectivity index is 2.39. The zero-order valence-corrected chi connectivity index (χ0v) is 12.8. The lowest BCUT2D eigenvalue weighted by atomic mass is 10.1. The molecule has 0 saturated carbocycles. The summed E-state index contributed by atoms with van der Waals surface area (Å²) in [6, 6.07) is 9.63. The molecule has 0 aromatic heterocycles. The van der Waals surface area contributed by atoms with Gasteiger partial charge in [-0.3, -0.25) is 10.1 Å². The summed E-state index contributed by atoms with van der Waals surface area (Å²) in [7, 11) is 2.55. The number of rotatable bonds is 5. The van der Waals surface area contributed by atoms with Gasteiger partial charge in [-0.05, 0) is 18.2 Å². The molecule has 0 bridgehead atoms. The van der Waals surface area contributed by atoms with Crippen molar-refractivity contribution in [1.82, 2.24) is 0 Å².